The molecule has 1 aromatic carbocycles. The van der Waals surface area contributed by atoms with Crippen LogP contribution in [-0.2, 0) is 0 Å². The van der Waals surface area contributed by atoms with Gasteiger partial charge in [0.15, 0.2) is 0 Å². The molecule has 0 saturated carbocycles. The molecule has 17 heavy (non-hydrogen) atoms. The lowest BCUT2D eigenvalue weighted by atomic mass is 10.3. The lowest BCUT2D eigenvalue weighted by Crippen LogP contribution is -2.13. The van der Waals surface area contributed by atoms with E-state index in [9.17, 15) is 4.79 Å². The van der Waals surface area contributed by atoms with E-state index in [1.807, 2.05) is 42.5 Å². The zero-order chi connectivity index (χ0) is 12.1. The minimum Gasteiger partial charge on any atom is -0.306 e. The fraction of sp³-hybridized carbons (Fsp3) is 0.0769. The molecule has 2 rings (SSSR count). The summed E-state index contributed by atoms with van der Waals surface area (Å²) in [7, 11) is 0. The van der Waals surface area contributed by atoms with Gasteiger partial charge < -0.3 is 4.98 Å². The number of nitrogens with one attached hydrogen (secondary N) is 1. The van der Waals surface area contributed by atoms with Crippen LogP contribution in [0.25, 0.3) is 11.8 Å². The van der Waals surface area contributed by atoms with Crippen LogP contribution in [0.4, 0.5) is 0 Å². The van der Waals surface area contributed by atoms with Gasteiger partial charge in [-0.1, -0.05) is 36.5 Å². The van der Waals surface area contributed by atoms with Crippen molar-refractivity contribution in [3.05, 3.63) is 58.8 Å². The van der Waals surface area contributed by atoms with Gasteiger partial charge in [-0.05, 0) is 30.0 Å². The van der Waals surface area contributed by atoms with Crippen molar-refractivity contribution in [2.75, 3.05) is 0 Å². The Kier molecular flexibility index (Phi) is 3.67. The van der Waals surface area contributed by atoms with E-state index in [1.165, 1.54) is 0 Å². The van der Waals surface area contributed by atoms with E-state index < -0.39 is 0 Å². The Morgan fingerprint density at radius 3 is 2.76 bits per heavy atom. The first-order valence-corrected chi connectivity index (χ1v) is 5.75. The third-order valence-electron chi connectivity index (χ3n) is 2.30. The highest BCUT2D eigenvalue weighted by molar-refractivity contribution is 7.78. The molecule has 86 valence electrons. The van der Waals surface area contributed by atoms with Crippen LogP contribution >= 0.6 is 12.2 Å². The molecular weight excluding hydrogens is 232 g/mol. The largest absolute Gasteiger partial charge is 0.330 e. The number of aromatic amines is 1. The van der Waals surface area contributed by atoms with Crippen LogP contribution in [0.2, 0.25) is 0 Å². The molecule has 0 aliphatic carbocycles. The summed E-state index contributed by atoms with van der Waals surface area (Å²) in [6.07, 6.45) is 6.25. The number of imidazole rings is 1. The Labute approximate surface area is 104 Å². The van der Waals surface area contributed by atoms with Gasteiger partial charge >= 0.3 is 5.69 Å². The van der Waals surface area contributed by atoms with Crippen molar-refractivity contribution in [3.8, 4) is 5.69 Å². The van der Waals surface area contributed by atoms with E-state index >= 15 is 0 Å². The number of hydrogen-bond donors (Lipinski definition) is 1. The molecule has 0 aliphatic rings. The van der Waals surface area contributed by atoms with Gasteiger partial charge in [0.25, 0.3) is 0 Å². The van der Waals surface area contributed by atoms with Crippen molar-refractivity contribution < 1.29 is 0 Å². The smallest absolute Gasteiger partial charge is 0.306 e. The SMILES string of the molecule is O=c1[nH]c(/C=C/CC=S)cn1-c1ccccc1. The first-order valence-electron chi connectivity index (χ1n) is 5.28. The summed E-state index contributed by atoms with van der Waals surface area (Å²) < 4.78 is 1.58. The normalized spacial score (nSPS) is 10.8. The van der Waals surface area contributed by atoms with Crippen LogP contribution in [0.5, 0.6) is 0 Å². The Bertz CT molecular complexity index is 581. The quantitative estimate of drug-likeness (QED) is 0.839. The predicted octanol–water partition coefficient (Wildman–Crippen LogP) is 2.57. The lowest BCUT2D eigenvalue weighted by Gasteiger charge is -1.98. The van der Waals surface area contributed by atoms with E-state index in [4.69, 9.17) is 12.2 Å². The topological polar surface area (TPSA) is 37.8 Å². The van der Waals surface area contributed by atoms with Gasteiger partial charge in [0.05, 0.1) is 11.4 Å². The summed E-state index contributed by atoms with van der Waals surface area (Å²) in [4.78, 5) is 14.5. The van der Waals surface area contributed by atoms with Crippen molar-refractivity contribution in [1.29, 1.82) is 0 Å². The number of rotatable bonds is 4. The molecule has 0 saturated heterocycles. The number of nitrogens with zero attached hydrogens (tertiary/aromatic N) is 1. The molecule has 1 heterocycles. The minimum absolute atomic E-state index is 0.141. The molecule has 1 aromatic heterocycles. The number of para-hydroxylation sites is 1. The van der Waals surface area contributed by atoms with Gasteiger partial charge in [-0.3, -0.25) is 4.57 Å². The maximum absolute atomic E-state index is 11.7. The first-order chi connectivity index (χ1) is 8.31. The number of H-pyrrole nitrogens is 1. The number of allylic oxidation sites excluding steroid dienone is 1. The molecule has 0 amide bonds. The standard InChI is InChI=1S/C13H12N2OS/c16-13-14-11(6-4-5-9-17)10-15(13)12-7-2-1-3-8-12/h1-4,6-10H,5H2,(H,14,16)/b6-4+. The van der Waals surface area contributed by atoms with E-state index in [1.54, 1.807) is 16.1 Å². The molecule has 0 spiro atoms. The second kappa shape index (κ2) is 5.41. The summed E-state index contributed by atoms with van der Waals surface area (Å²) in [5, 5.41) is 1.64. The average Bonchev–Trinajstić information content (AvgIpc) is 2.72. The average molecular weight is 244 g/mol. The van der Waals surface area contributed by atoms with Crippen LogP contribution in [0, 0.1) is 0 Å². The summed E-state index contributed by atoms with van der Waals surface area (Å²) in [6.45, 7) is 0. The zero-order valence-electron chi connectivity index (χ0n) is 9.17. The van der Waals surface area contributed by atoms with Crippen molar-refractivity contribution >= 4 is 23.7 Å². The monoisotopic (exact) mass is 244 g/mol. The number of hydrogen-bond acceptors (Lipinski definition) is 2. The van der Waals surface area contributed by atoms with E-state index in [-0.39, 0.29) is 5.69 Å². The molecule has 3 nitrogen and oxygen atoms in total. The van der Waals surface area contributed by atoms with Gasteiger partial charge in [0.1, 0.15) is 0 Å². The number of benzene rings is 1. The van der Waals surface area contributed by atoms with Crippen LogP contribution < -0.4 is 5.69 Å². The third-order valence-corrected chi connectivity index (χ3v) is 2.49. The van der Waals surface area contributed by atoms with Crippen molar-refractivity contribution in [2.24, 2.45) is 0 Å². The van der Waals surface area contributed by atoms with Gasteiger partial charge in [0.2, 0.25) is 0 Å². The Balaban J connectivity index is 2.32. The van der Waals surface area contributed by atoms with Gasteiger partial charge in [-0.15, -0.1) is 0 Å². The molecule has 0 fully saturated rings. The third kappa shape index (κ3) is 2.79. The molecule has 0 unspecified atom stereocenters. The van der Waals surface area contributed by atoms with Gasteiger partial charge in [-0.25, -0.2) is 4.79 Å². The molecule has 4 heteroatoms. The molecule has 0 aliphatic heterocycles. The highest BCUT2D eigenvalue weighted by Gasteiger charge is 2.01. The fourth-order valence-electron chi connectivity index (χ4n) is 1.53. The second-order valence-electron chi connectivity index (χ2n) is 3.52. The molecule has 2 aromatic rings. The van der Waals surface area contributed by atoms with Crippen molar-refractivity contribution in [1.82, 2.24) is 9.55 Å². The van der Waals surface area contributed by atoms with Crippen LogP contribution in [0.1, 0.15) is 12.1 Å². The van der Waals surface area contributed by atoms with Gasteiger partial charge in [-0.2, -0.15) is 0 Å². The Morgan fingerprint density at radius 1 is 1.29 bits per heavy atom. The van der Waals surface area contributed by atoms with E-state index in [0.29, 0.717) is 6.42 Å². The fourth-order valence-corrected chi connectivity index (χ4v) is 1.64. The first kappa shape index (κ1) is 11.5. The van der Waals surface area contributed by atoms with Crippen LogP contribution in [-0.4, -0.2) is 14.9 Å². The zero-order valence-corrected chi connectivity index (χ0v) is 9.98. The maximum Gasteiger partial charge on any atom is 0.330 e. The van der Waals surface area contributed by atoms with E-state index in [0.717, 1.165) is 11.4 Å². The maximum atomic E-state index is 11.7. The molecular formula is C13H12N2OS. The van der Waals surface area contributed by atoms with Crippen LogP contribution in [0.3, 0.4) is 0 Å². The van der Waals surface area contributed by atoms with Crippen molar-refractivity contribution in [2.45, 2.75) is 6.42 Å². The Hall–Kier alpha value is -1.94. The minimum atomic E-state index is -0.141. The van der Waals surface area contributed by atoms with E-state index in [2.05, 4.69) is 4.98 Å². The molecule has 0 atom stereocenters. The summed E-state index contributed by atoms with van der Waals surface area (Å²) in [5.74, 6) is 0. The molecule has 0 bridgehead atoms. The lowest BCUT2D eigenvalue weighted by molar-refractivity contribution is 0.987. The Morgan fingerprint density at radius 2 is 2.06 bits per heavy atom. The predicted molar refractivity (Wildman–Crippen MR) is 73.7 cm³/mol. The summed E-state index contributed by atoms with van der Waals surface area (Å²) in [6, 6.07) is 9.49. The molecule has 1 N–H and O–H groups in total. The van der Waals surface area contributed by atoms with Gasteiger partial charge in [0, 0.05) is 6.20 Å². The highest BCUT2D eigenvalue weighted by atomic mass is 32.1. The van der Waals surface area contributed by atoms with Crippen molar-refractivity contribution in [3.63, 3.8) is 0 Å². The summed E-state index contributed by atoms with van der Waals surface area (Å²) >= 11 is 4.72. The highest BCUT2D eigenvalue weighted by Crippen LogP contribution is 2.05. The molecule has 0 radical (unpaired) electrons. The van der Waals surface area contributed by atoms with Crippen LogP contribution in [0.15, 0.2) is 47.4 Å². The number of aromatic nitrogens is 2. The summed E-state index contributed by atoms with van der Waals surface area (Å²) in [5.41, 5.74) is 1.48. The second-order valence-corrected chi connectivity index (χ2v) is 3.86. The number of thiocarbonyl (C=S) groups is 1.